The van der Waals surface area contributed by atoms with Gasteiger partial charge in [0, 0.05) is 46.1 Å². The number of carbonyl (C=O) groups is 3. The largest absolute Gasteiger partial charge is 0.465 e. The molecule has 4 aliphatic rings. The van der Waals surface area contributed by atoms with Gasteiger partial charge in [0.05, 0.1) is 25.8 Å². The van der Waals surface area contributed by atoms with Crippen LogP contribution in [0.3, 0.4) is 0 Å². The summed E-state index contributed by atoms with van der Waals surface area (Å²) in [6.45, 7) is 2.81. The number of carbonyl (C=O) groups excluding carboxylic acids is 3. The number of piperidine rings is 1. The van der Waals surface area contributed by atoms with Crippen LogP contribution < -0.4 is 15.0 Å². The number of halogens is 2. The number of nitrogens with one attached hydrogen (secondary N) is 1. The zero-order chi connectivity index (χ0) is 33.0. The smallest absolute Gasteiger partial charge is 0.416 e. The van der Waals surface area contributed by atoms with Crippen LogP contribution in [-0.4, -0.2) is 130 Å². The highest BCUT2D eigenvalue weighted by atomic mass is 19.1. The molecule has 3 aliphatic heterocycles. The van der Waals surface area contributed by atoms with Gasteiger partial charge in [0.25, 0.3) is 11.8 Å². The summed E-state index contributed by atoms with van der Waals surface area (Å²) in [5.41, 5.74) is -0.0342. The van der Waals surface area contributed by atoms with E-state index in [1.165, 1.54) is 20.7 Å². The molecule has 1 N–H and O–H groups in total. The first-order valence-electron chi connectivity index (χ1n) is 15.6. The molecule has 0 radical (unpaired) electrons. The molecule has 1 unspecified atom stereocenters. The molecule has 1 aromatic carbocycles. The number of nitrogens with zero attached hydrogens (tertiary/aromatic N) is 9. The maximum absolute atomic E-state index is 15.9. The topological polar surface area (TPSA) is 151 Å². The van der Waals surface area contributed by atoms with Crippen molar-refractivity contribution in [3.05, 3.63) is 29.0 Å². The second-order valence-electron chi connectivity index (χ2n) is 13.1. The minimum Gasteiger partial charge on any atom is -0.465 e. The SMILES string of the molecule is CN(C)CC(=O)N(C)CCn1nnc2c(F)c3c(c(F)c21)CC(CN1CCC2(CC1)CN(c1cnc4c(n1)NC(=O)CO4)C(=O)O2)C3. The first kappa shape index (κ1) is 31.1. The average molecular weight is 655 g/mol. The molecule has 2 saturated heterocycles. The lowest BCUT2D eigenvalue weighted by Gasteiger charge is -2.38. The number of hydrogen-bond donors (Lipinski definition) is 1. The summed E-state index contributed by atoms with van der Waals surface area (Å²) in [4.78, 5) is 52.4. The molecule has 47 heavy (non-hydrogen) atoms. The first-order chi connectivity index (χ1) is 22.5. The van der Waals surface area contributed by atoms with Crippen LogP contribution in [0.5, 0.6) is 5.88 Å². The summed E-state index contributed by atoms with van der Waals surface area (Å²) in [6, 6.07) is 0. The number of likely N-dealkylation sites (tertiary alicyclic amines) is 1. The molecule has 2 aromatic heterocycles. The number of amides is 3. The van der Waals surface area contributed by atoms with Crippen molar-refractivity contribution in [3.8, 4) is 5.88 Å². The lowest BCUT2D eigenvalue weighted by molar-refractivity contribution is -0.130. The molecule has 0 bridgehead atoms. The maximum atomic E-state index is 15.9. The van der Waals surface area contributed by atoms with Crippen molar-refractivity contribution in [1.29, 1.82) is 0 Å². The van der Waals surface area contributed by atoms with E-state index in [0.29, 0.717) is 63.0 Å². The number of fused-ring (bicyclic) bond motifs is 3. The number of rotatable bonds is 8. The van der Waals surface area contributed by atoms with Crippen LogP contribution in [-0.2, 0) is 33.7 Å². The Morgan fingerprint density at radius 2 is 1.87 bits per heavy atom. The summed E-state index contributed by atoms with van der Waals surface area (Å²) >= 11 is 0. The number of ether oxygens (including phenoxy) is 2. The third-order valence-electron chi connectivity index (χ3n) is 9.41. The summed E-state index contributed by atoms with van der Waals surface area (Å²) in [6.07, 6.45) is 2.85. The third-order valence-corrected chi connectivity index (χ3v) is 9.41. The lowest BCUT2D eigenvalue weighted by atomic mass is 9.90. The van der Waals surface area contributed by atoms with Crippen molar-refractivity contribution in [2.45, 2.75) is 37.8 Å². The van der Waals surface area contributed by atoms with Crippen molar-refractivity contribution in [2.75, 3.05) is 77.2 Å². The summed E-state index contributed by atoms with van der Waals surface area (Å²) in [7, 11) is 5.27. The maximum Gasteiger partial charge on any atom is 0.416 e. The molecule has 2 fully saturated rings. The second kappa shape index (κ2) is 11.9. The van der Waals surface area contributed by atoms with Crippen molar-refractivity contribution in [2.24, 2.45) is 5.92 Å². The van der Waals surface area contributed by atoms with Gasteiger partial charge in [-0.05, 0) is 44.0 Å². The van der Waals surface area contributed by atoms with Gasteiger partial charge in [-0.15, -0.1) is 5.10 Å². The van der Waals surface area contributed by atoms with Crippen molar-refractivity contribution >= 4 is 40.6 Å². The normalized spacial score (nSPS) is 20.4. The van der Waals surface area contributed by atoms with Gasteiger partial charge in [-0.3, -0.25) is 14.5 Å². The van der Waals surface area contributed by atoms with E-state index in [9.17, 15) is 14.4 Å². The standard InChI is InChI=1S/C30H36F2N10O5/c1-38(2)14-22(44)39(3)8-9-42-26-24(32)19-11-17(10-18(19)23(31)25(26)36-37-42)13-40-6-4-30(5-7-40)16-41(29(45)47-30)20-12-33-28-27(34-20)35-21(43)15-46-28/h12,17H,4-11,13-16H2,1-3H3,(H,34,35,43). The van der Waals surface area contributed by atoms with Crippen molar-refractivity contribution in [1.82, 2.24) is 39.7 Å². The number of hydrogen-bond acceptors (Lipinski definition) is 11. The van der Waals surface area contributed by atoms with Gasteiger partial charge in [0.2, 0.25) is 5.91 Å². The summed E-state index contributed by atoms with van der Waals surface area (Å²) in [5, 5.41) is 10.6. The molecule has 250 valence electrons. The molecule has 7 rings (SSSR count). The molecule has 1 aliphatic carbocycles. The van der Waals surface area contributed by atoms with E-state index in [4.69, 9.17) is 9.47 Å². The van der Waals surface area contributed by atoms with Crippen LogP contribution in [0.2, 0.25) is 0 Å². The van der Waals surface area contributed by atoms with E-state index in [-0.39, 0.29) is 72.5 Å². The molecule has 5 heterocycles. The average Bonchev–Trinajstić information content (AvgIpc) is 3.75. The number of anilines is 2. The number of aromatic nitrogens is 5. The van der Waals surface area contributed by atoms with Gasteiger partial charge in [0.15, 0.2) is 35.4 Å². The Morgan fingerprint density at radius 1 is 1.13 bits per heavy atom. The fraction of sp³-hybridized carbons (Fsp3) is 0.567. The van der Waals surface area contributed by atoms with Gasteiger partial charge < -0.3 is 29.5 Å². The van der Waals surface area contributed by atoms with Crippen LogP contribution in [0.4, 0.5) is 25.2 Å². The molecule has 3 amide bonds. The zero-order valence-corrected chi connectivity index (χ0v) is 26.5. The molecule has 17 heteroatoms. The van der Waals surface area contributed by atoms with Crippen LogP contribution in [0, 0.1) is 17.6 Å². The molecule has 15 nitrogen and oxygen atoms in total. The predicted octanol–water partition coefficient (Wildman–Crippen LogP) is 1.06. The van der Waals surface area contributed by atoms with Crippen LogP contribution in [0.1, 0.15) is 24.0 Å². The van der Waals surface area contributed by atoms with Gasteiger partial charge in [0.1, 0.15) is 11.1 Å². The van der Waals surface area contributed by atoms with Crippen LogP contribution in [0.25, 0.3) is 11.0 Å². The fourth-order valence-corrected chi connectivity index (χ4v) is 6.91. The zero-order valence-electron chi connectivity index (χ0n) is 26.5. The molecule has 1 atom stereocenters. The Labute approximate surface area is 268 Å². The van der Waals surface area contributed by atoms with Crippen LogP contribution >= 0.6 is 0 Å². The highest BCUT2D eigenvalue weighted by molar-refractivity contribution is 5.95. The Morgan fingerprint density at radius 3 is 2.62 bits per heavy atom. The highest BCUT2D eigenvalue weighted by Gasteiger charge is 2.48. The van der Waals surface area contributed by atoms with Gasteiger partial charge >= 0.3 is 6.09 Å². The highest BCUT2D eigenvalue weighted by Crippen LogP contribution is 2.39. The Balaban J connectivity index is 0.973. The molecule has 1 spiro atoms. The molecular formula is C30H36F2N10O5. The number of likely N-dealkylation sites (N-methyl/N-ethyl adjacent to an activating group) is 2. The number of benzene rings is 1. The predicted molar refractivity (Wildman–Crippen MR) is 163 cm³/mol. The van der Waals surface area contributed by atoms with Crippen LogP contribution in [0.15, 0.2) is 6.20 Å². The molecular weight excluding hydrogens is 618 g/mol. The molecule has 3 aromatic rings. The Hall–Kier alpha value is -4.51. The first-order valence-corrected chi connectivity index (χ1v) is 15.6. The lowest BCUT2D eigenvalue weighted by Crippen LogP contribution is -2.48. The van der Waals surface area contributed by atoms with E-state index in [1.54, 1.807) is 26.0 Å². The van der Waals surface area contributed by atoms with Gasteiger partial charge in [-0.2, -0.15) is 0 Å². The van der Waals surface area contributed by atoms with Gasteiger partial charge in [-0.1, -0.05) is 5.21 Å². The van der Waals surface area contributed by atoms with E-state index in [1.807, 2.05) is 0 Å². The van der Waals surface area contributed by atoms with Crippen molar-refractivity contribution < 1.29 is 32.6 Å². The van der Waals surface area contributed by atoms with Crippen molar-refractivity contribution in [3.63, 3.8) is 0 Å². The Bertz CT molecular complexity index is 1760. The minimum absolute atomic E-state index is 0.0107. The van der Waals surface area contributed by atoms with Gasteiger partial charge in [-0.25, -0.2) is 28.2 Å². The monoisotopic (exact) mass is 654 g/mol. The van der Waals surface area contributed by atoms with E-state index in [0.717, 1.165) is 0 Å². The fourth-order valence-electron chi connectivity index (χ4n) is 6.91. The van der Waals surface area contributed by atoms with E-state index >= 15 is 8.78 Å². The quantitative estimate of drug-likeness (QED) is 0.371. The summed E-state index contributed by atoms with van der Waals surface area (Å²) < 4.78 is 44.0. The Kier molecular flexibility index (Phi) is 7.90. The van der Waals surface area contributed by atoms with E-state index < -0.39 is 23.3 Å². The third kappa shape index (κ3) is 5.81. The summed E-state index contributed by atoms with van der Waals surface area (Å²) in [5.74, 6) is -0.838. The second-order valence-corrected chi connectivity index (χ2v) is 13.1. The molecule has 0 saturated carbocycles. The minimum atomic E-state index is -0.692. The van der Waals surface area contributed by atoms with E-state index in [2.05, 4.69) is 30.5 Å².